The first-order valence-corrected chi connectivity index (χ1v) is 7.83. The number of H-pyrrole nitrogens is 1. The van der Waals surface area contributed by atoms with E-state index in [0.29, 0.717) is 16.6 Å². The molecule has 0 aromatic carbocycles. The molecular formula is C12H16N6O3S. The van der Waals surface area contributed by atoms with Crippen LogP contribution in [0.3, 0.4) is 0 Å². The molecule has 0 radical (unpaired) electrons. The quantitative estimate of drug-likeness (QED) is 0.313. The van der Waals surface area contributed by atoms with Crippen LogP contribution in [0.4, 0.5) is 5.82 Å². The number of hydrogen-bond acceptors (Lipinski definition) is 7. The van der Waals surface area contributed by atoms with Crippen molar-refractivity contribution in [1.82, 2.24) is 19.9 Å². The van der Waals surface area contributed by atoms with Crippen molar-refractivity contribution in [3.05, 3.63) is 5.82 Å². The van der Waals surface area contributed by atoms with Crippen LogP contribution in [0.25, 0.3) is 11.2 Å². The summed E-state index contributed by atoms with van der Waals surface area (Å²) >= 11 is 1.22. The zero-order valence-corrected chi connectivity index (χ0v) is 13.0. The number of nitrogens with zero attached hydrogens (tertiary/aromatic N) is 4. The fourth-order valence-electron chi connectivity index (χ4n) is 1.78. The van der Waals surface area contributed by atoms with E-state index in [1.54, 1.807) is 6.26 Å². The number of imidazole rings is 1. The van der Waals surface area contributed by atoms with E-state index in [1.165, 1.54) is 11.8 Å². The lowest BCUT2D eigenvalue weighted by Crippen LogP contribution is -2.28. The summed E-state index contributed by atoms with van der Waals surface area (Å²) in [5, 5.41) is 10.9. The summed E-state index contributed by atoms with van der Waals surface area (Å²) in [4.78, 5) is 38.0. The number of hydroxylamine groups is 1. The standard InChI is InChI=1S/C12H16N6O3S/c1-3-4-5-6(19)18(21)11-7-9(16-12(17-11)22-2)15-10(14-7)8(13)20/h21H,3-5H2,1-2H3,(H2,13,20)(H,14,15,16,17). The van der Waals surface area contributed by atoms with Crippen molar-refractivity contribution in [3.63, 3.8) is 0 Å². The van der Waals surface area contributed by atoms with E-state index in [2.05, 4.69) is 19.9 Å². The topological polar surface area (TPSA) is 138 Å². The van der Waals surface area contributed by atoms with E-state index in [-0.39, 0.29) is 29.2 Å². The van der Waals surface area contributed by atoms with Crippen LogP contribution in [-0.2, 0) is 4.79 Å². The Kier molecular flexibility index (Phi) is 4.93. The van der Waals surface area contributed by atoms with Crippen LogP contribution in [0.2, 0.25) is 0 Å². The second kappa shape index (κ2) is 6.71. The molecular weight excluding hydrogens is 308 g/mol. The van der Waals surface area contributed by atoms with Crippen molar-refractivity contribution in [3.8, 4) is 0 Å². The molecule has 0 fully saturated rings. The zero-order valence-electron chi connectivity index (χ0n) is 12.2. The van der Waals surface area contributed by atoms with Crippen LogP contribution in [0.5, 0.6) is 0 Å². The lowest BCUT2D eigenvalue weighted by atomic mass is 10.2. The molecule has 0 unspecified atom stereocenters. The van der Waals surface area contributed by atoms with Gasteiger partial charge in [-0.1, -0.05) is 25.1 Å². The Balaban J connectivity index is 2.50. The number of thioether (sulfide) groups is 1. The highest BCUT2D eigenvalue weighted by Gasteiger charge is 2.22. The lowest BCUT2D eigenvalue weighted by Gasteiger charge is -2.14. The molecule has 0 aliphatic heterocycles. The molecule has 0 atom stereocenters. The number of fused-ring (bicyclic) bond motifs is 1. The Bertz CT molecular complexity index is 716. The summed E-state index contributed by atoms with van der Waals surface area (Å²) in [7, 11) is 0. The first-order valence-electron chi connectivity index (χ1n) is 6.61. The number of aromatic nitrogens is 4. The molecule has 10 heteroatoms. The maximum absolute atomic E-state index is 12.0. The van der Waals surface area contributed by atoms with Crippen LogP contribution in [0, 0.1) is 0 Å². The molecule has 0 aliphatic rings. The molecule has 0 spiro atoms. The Morgan fingerprint density at radius 2 is 2.09 bits per heavy atom. The predicted molar refractivity (Wildman–Crippen MR) is 80.8 cm³/mol. The third-order valence-electron chi connectivity index (χ3n) is 2.91. The Morgan fingerprint density at radius 3 is 2.68 bits per heavy atom. The molecule has 22 heavy (non-hydrogen) atoms. The van der Waals surface area contributed by atoms with Gasteiger partial charge in [-0.2, -0.15) is 5.06 Å². The SMILES string of the molecule is CCCCC(=O)N(O)c1nc(SC)nc2nc(C(N)=O)[nH]c12. The van der Waals surface area contributed by atoms with E-state index in [4.69, 9.17) is 5.73 Å². The molecule has 0 bridgehead atoms. The minimum Gasteiger partial charge on any atom is -0.363 e. The highest BCUT2D eigenvalue weighted by molar-refractivity contribution is 7.98. The van der Waals surface area contributed by atoms with Crippen molar-refractivity contribution in [1.29, 1.82) is 0 Å². The molecule has 2 amide bonds. The average Bonchev–Trinajstić information content (AvgIpc) is 2.94. The van der Waals surface area contributed by atoms with E-state index in [1.807, 2.05) is 6.92 Å². The molecule has 0 saturated carbocycles. The number of carbonyl (C=O) groups excluding carboxylic acids is 2. The average molecular weight is 324 g/mol. The molecule has 0 aliphatic carbocycles. The highest BCUT2D eigenvalue weighted by Crippen LogP contribution is 2.24. The number of rotatable bonds is 6. The smallest absolute Gasteiger partial charge is 0.284 e. The first-order chi connectivity index (χ1) is 10.5. The van der Waals surface area contributed by atoms with Crippen LogP contribution in [0.15, 0.2) is 5.16 Å². The van der Waals surface area contributed by atoms with Gasteiger partial charge in [0.15, 0.2) is 22.4 Å². The molecule has 4 N–H and O–H groups in total. The number of primary amides is 1. The van der Waals surface area contributed by atoms with Crippen molar-refractivity contribution in [2.24, 2.45) is 5.73 Å². The van der Waals surface area contributed by atoms with Gasteiger partial charge in [-0.05, 0) is 12.7 Å². The molecule has 2 aromatic rings. The number of nitrogens with two attached hydrogens (primary N) is 1. The number of amides is 2. The third-order valence-corrected chi connectivity index (χ3v) is 3.46. The molecule has 2 aromatic heterocycles. The van der Waals surface area contributed by atoms with Crippen LogP contribution in [-0.4, -0.2) is 43.2 Å². The van der Waals surface area contributed by atoms with Crippen molar-refractivity contribution in [2.45, 2.75) is 31.3 Å². The Morgan fingerprint density at radius 1 is 1.36 bits per heavy atom. The van der Waals surface area contributed by atoms with E-state index in [9.17, 15) is 14.8 Å². The number of anilines is 1. The Labute approximate surface area is 130 Å². The summed E-state index contributed by atoms with van der Waals surface area (Å²) < 4.78 is 0. The number of aromatic amines is 1. The minimum atomic E-state index is -0.767. The molecule has 118 valence electrons. The number of carbonyl (C=O) groups is 2. The monoisotopic (exact) mass is 324 g/mol. The van der Waals surface area contributed by atoms with Gasteiger partial charge in [-0.15, -0.1) is 0 Å². The van der Waals surface area contributed by atoms with Gasteiger partial charge >= 0.3 is 0 Å². The summed E-state index contributed by atoms with van der Waals surface area (Å²) in [6.45, 7) is 1.94. The summed E-state index contributed by atoms with van der Waals surface area (Å²) in [5.41, 5.74) is 5.51. The molecule has 0 saturated heterocycles. The third kappa shape index (κ3) is 3.17. The zero-order chi connectivity index (χ0) is 16.3. The largest absolute Gasteiger partial charge is 0.363 e. The van der Waals surface area contributed by atoms with Gasteiger partial charge in [0.1, 0.15) is 5.52 Å². The fraction of sp³-hybridized carbons (Fsp3) is 0.417. The van der Waals surface area contributed by atoms with Gasteiger partial charge in [0.2, 0.25) is 0 Å². The number of unbranched alkanes of at least 4 members (excludes halogenated alkanes) is 1. The van der Waals surface area contributed by atoms with Gasteiger partial charge in [-0.25, -0.2) is 15.0 Å². The molecule has 2 heterocycles. The van der Waals surface area contributed by atoms with Crippen molar-refractivity contribution < 1.29 is 14.8 Å². The first kappa shape index (κ1) is 16.2. The minimum absolute atomic E-state index is 0.0459. The van der Waals surface area contributed by atoms with E-state index >= 15 is 0 Å². The fourth-order valence-corrected chi connectivity index (χ4v) is 2.13. The van der Waals surface area contributed by atoms with Gasteiger partial charge in [0, 0.05) is 6.42 Å². The van der Waals surface area contributed by atoms with E-state index < -0.39 is 11.8 Å². The lowest BCUT2D eigenvalue weighted by molar-refractivity contribution is -0.123. The molecule has 9 nitrogen and oxygen atoms in total. The Hall–Kier alpha value is -2.20. The van der Waals surface area contributed by atoms with Gasteiger partial charge in [0.25, 0.3) is 11.8 Å². The van der Waals surface area contributed by atoms with Crippen molar-refractivity contribution in [2.75, 3.05) is 11.3 Å². The van der Waals surface area contributed by atoms with Crippen molar-refractivity contribution >= 4 is 40.6 Å². The number of nitrogens with one attached hydrogen (secondary N) is 1. The van der Waals surface area contributed by atoms with Crippen LogP contribution in [0.1, 0.15) is 36.8 Å². The maximum Gasteiger partial charge on any atom is 0.284 e. The van der Waals surface area contributed by atoms with Gasteiger partial charge in [0.05, 0.1) is 0 Å². The maximum atomic E-state index is 12.0. The van der Waals surface area contributed by atoms with Gasteiger partial charge < -0.3 is 10.7 Å². The summed E-state index contributed by atoms with van der Waals surface area (Å²) in [6.07, 6.45) is 3.40. The predicted octanol–water partition coefficient (Wildman–Crippen LogP) is 1.09. The summed E-state index contributed by atoms with van der Waals surface area (Å²) in [6, 6.07) is 0. The van der Waals surface area contributed by atoms with Crippen LogP contribution < -0.4 is 10.8 Å². The normalized spacial score (nSPS) is 10.9. The second-order valence-corrected chi connectivity index (χ2v) is 5.26. The van der Waals surface area contributed by atoms with Crippen LogP contribution >= 0.6 is 11.8 Å². The molecule has 2 rings (SSSR count). The van der Waals surface area contributed by atoms with E-state index in [0.717, 1.165) is 6.42 Å². The summed E-state index contributed by atoms with van der Waals surface area (Å²) in [5.74, 6) is -1.42. The second-order valence-electron chi connectivity index (χ2n) is 4.49. The van der Waals surface area contributed by atoms with Gasteiger partial charge in [-0.3, -0.25) is 14.8 Å². The number of hydrogen-bond donors (Lipinski definition) is 3. The highest BCUT2D eigenvalue weighted by atomic mass is 32.2.